The zero-order valence-electron chi connectivity index (χ0n) is 11.6. The van der Waals surface area contributed by atoms with Gasteiger partial charge in [0.1, 0.15) is 0 Å². The molecule has 0 spiro atoms. The molecule has 0 unspecified atom stereocenters. The maximum Gasteiger partial charge on any atom is 0.211 e. The first-order valence-electron chi connectivity index (χ1n) is 6.50. The number of hydrogen-bond donors (Lipinski definition) is 2. The molecular formula is C16H16BrN3O. The number of aromatic nitrogens is 3. The highest BCUT2D eigenvalue weighted by atomic mass is 79.9. The number of hydrogen-bond acceptors (Lipinski definition) is 2. The van der Waals surface area contributed by atoms with Crippen molar-refractivity contribution in [3.05, 3.63) is 66.2 Å². The molecule has 5 heteroatoms. The van der Waals surface area contributed by atoms with Crippen molar-refractivity contribution in [3.63, 3.8) is 0 Å². The van der Waals surface area contributed by atoms with Crippen LogP contribution < -0.4 is 21.5 Å². The van der Waals surface area contributed by atoms with E-state index >= 15 is 0 Å². The van der Waals surface area contributed by atoms with Crippen LogP contribution in [0.3, 0.4) is 0 Å². The second-order valence-corrected chi connectivity index (χ2v) is 4.83. The Morgan fingerprint density at radius 3 is 2.62 bits per heavy atom. The van der Waals surface area contributed by atoms with Crippen molar-refractivity contribution in [1.29, 1.82) is 0 Å². The third kappa shape index (κ3) is 3.49. The molecule has 0 radical (unpaired) electrons. The van der Waals surface area contributed by atoms with Crippen LogP contribution in [0.15, 0.2) is 55.0 Å². The molecule has 0 aliphatic rings. The SMILES string of the molecule is Cc1n[nH]cc1-c1cc(O)c[n+](Cc2ccccc2)c1.[Br-]. The lowest BCUT2D eigenvalue weighted by Crippen LogP contribution is -3.00. The third-order valence-corrected chi connectivity index (χ3v) is 3.26. The smallest absolute Gasteiger partial charge is 0.211 e. The van der Waals surface area contributed by atoms with E-state index in [-0.39, 0.29) is 22.7 Å². The van der Waals surface area contributed by atoms with Crippen molar-refractivity contribution >= 4 is 0 Å². The van der Waals surface area contributed by atoms with Gasteiger partial charge in [-0.05, 0) is 6.92 Å². The molecule has 21 heavy (non-hydrogen) atoms. The van der Waals surface area contributed by atoms with Crippen molar-refractivity contribution < 1.29 is 26.7 Å². The van der Waals surface area contributed by atoms with Gasteiger partial charge in [-0.15, -0.1) is 0 Å². The van der Waals surface area contributed by atoms with E-state index in [2.05, 4.69) is 22.3 Å². The molecule has 3 aromatic rings. The van der Waals surface area contributed by atoms with Gasteiger partial charge in [0.25, 0.3) is 0 Å². The molecule has 0 bridgehead atoms. The Morgan fingerprint density at radius 2 is 1.95 bits per heavy atom. The Labute approximate surface area is 133 Å². The van der Waals surface area contributed by atoms with Crippen molar-refractivity contribution in [2.24, 2.45) is 0 Å². The number of nitrogens with one attached hydrogen (secondary N) is 1. The van der Waals surface area contributed by atoms with Gasteiger partial charge in [0.15, 0.2) is 18.5 Å². The summed E-state index contributed by atoms with van der Waals surface area (Å²) in [5.74, 6) is 0.249. The quantitative estimate of drug-likeness (QED) is 0.625. The average molecular weight is 346 g/mol. The van der Waals surface area contributed by atoms with Gasteiger partial charge in [-0.25, -0.2) is 0 Å². The summed E-state index contributed by atoms with van der Waals surface area (Å²) in [6.45, 7) is 2.66. The standard InChI is InChI=1S/C16H15N3O.BrH/c1-12-16(8-17-18-12)14-7-15(20)11-19(10-14)9-13-5-3-2-4-6-13;/h2-8,10-11H,9H2,1H3,(H-,17,18,20);1H. The van der Waals surface area contributed by atoms with Crippen LogP contribution in [0.4, 0.5) is 0 Å². The van der Waals surface area contributed by atoms with Crippen LogP contribution in [0, 0.1) is 6.92 Å². The minimum atomic E-state index is 0. The number of halogens is 1. The van der Waals surface area contributed by atoms with Gasteiger partial charge in [-0.1, -0.05) is 30.3 Å². The number of pyridine rings is 1. The number of aromatic hydroxyl groups is 1. The van der Waals surface area contributed by atoms with Gasteiger partial charge in [-0.2, -0.15) is 9.67 Å². The summed E-state index contributed by atoms with van der Waals surface area (Å²) in [6.07, 6.45) is 5.59. The minimum absolute atomic E-state index is 0. The average Bonchev–Trinajstić information content (AvgIpc) is 2.85. The highest BCUT2D eigenvalue weighted by molar-refractivity contribution is 5.64. The van der Waals surface area contributed by atoms with Crippen LogP contribution in [0.25, 0.3) is 11.1 Å². The molecule has 0 saturated heterocycles. The lowest BCUT2D eigenvalue weighted by molar-refractivity contribution is -0.688. The molecule has 0 amide bonds. The van der Waals surface area contributed by atoms with Gasteiger partial charge in [0.2, 0.25) is 6.20 Å². The van der Waals surface area contributed by atoms with E-state index in [9.17, 15) is 5.11 Å². The summed E-state index contributed by atoms with van der Waals surface area (Å²) < 4.78 is 1.98. The fourth-order valence-corrected chi connectivity index (χ4v) is 2.30. The van der Waals surface area contributed by atoms with Gasteiger partial charge >= 0.3 is 0 Å². The number of aromatic amines is 1. The molecule has 3 rings (SSSR count). The molecule has 1 aromatic carbocycles. The maximum atomic E-state index is 9.91. The van der Waals surface area contributed by atoms with Crippen LogP contribution >= 0.6 is 0 Å². The fourth-order valence-electron chi connectivity index (χ4n) is 2.30. The topological polar surface area (TPSA) is 52.8 Å². The van der Waals surface area contributed by atoms with Gasteiger partial charge in [0, 0.05) is 23.4 Å². The summed E-state index contributed by atoms with van der Waals surface area (Å²) in [5.41, 5.74) is 4.06. The fraction of sp³-hybridized carbons (Fsp3) is 0.125. The largest absolute Gasteiger partial charge is 1.00 e. The van der Waals surface area contributed by atoms with Crippen molar-refractivity contribution in [3.8, 4) is 16.9 Å². The van der Waals surface area contributed by atoms with Crippen molar-refractivity contribution in [1.82, 2.24) is 10.2 Å². The Bertz CT molecular complexity index is 725. The van der Waals surface area contributed by atoms with E-state index in [0.29, 0.717) is 0 Å². The molecule has 108 valence electrons. The van der Waals surface area contributed by atoms with Crippen molar-refractivity contribution in [2.75, 3.05) is 0 Å². The Kier molecular flexibility index (Phi) is 4.75. The lowest BCUT2D eigenvalue weighted by Gasteiger charge is -2.02. The summed E-state index contributed by atoms with van der Waals surface area (Å²) in [4.78, 5) is 0. The van der Waals surface area contributed by atoms with Gasteiger partial charge < -0.3 is 22.1 Å². The van der Waals surface area contributed by atoms with Crippen molar-refractivity contribution in [2.45, 2.75) is 13.5 Å². The Balaban J connectivity index is 0.00000161. The second-order valence-electron chi connectivity index (χ2n) is 4.83. The first kappa shape index (κ1) is 15.3. The molecule has 2 heterocycles. The van der Waals surface area contributed by atoms with E-state index in [1.807, 2.05) is 42.1 Å². The number of H-pyrrole nitrogens is 1. The van der Waals surface area contributed by atoms with E-state index in [4.69, 9.17) is 0 Å². The lowest BCUT2D eigenvalue weighted by atomic mass is 10.1. The van der Waals surface area contributed by atoms with Gasteiger partial charge in [0.05, 0.1) is 11.3 Å². The van der Waals surface area contributed by atoms with E-state index in [1.54, 1.807) is 12.3 Å². The van der Waals surface area contributed by atoms with E-state index in [0.717, 1.165) is 23.4 Å². The van der Waals surface area contributed by atoms with E-state index < -0.39 is 0 Å². The van der Waals surface area contributed by atoms with Crippen LogP contribution in [0.1, 0.15) is 11.3 Å². The molecule has 4 nitrogen and oxygen atoms in total. The minimum Gasteiger partial charge on any atom is -1.00 e. The molecular weight excluding hydrogens is 330 g/mol. The Hall–Kier alpha value is -2.14. The molecule has 0 atom stereocenters. The highest BCUT2D eigenvalue weighted by Crippen LogP contribution is 2.22. The number of rotatable bonds is 3. The molecule has 0 fully saturated rings. The first-order valence-corrected chi connectivity index (χ1v) is 6.50. The van der Waals surface area contributed by atoms with Crippen LogP contribution in [0.2, 0.25) is 0 Å². The highest BCUT2D eigenvalue weighted by Gasteiger charge is 2.12. The Morgan fingerprint density at radius 1 is 1.19 bits per heavy atom. The van der Waals surface area contributed by atoms with Crippen LogP contribution in [0.5, 0.6) is 5.75 Å². The molecule has 0 saturated carbocycles. The number of aryl methyl sites for hydroxylation is 1. The summed E-state index contributed by atoms with van der Waals surface area (Å²) in [6, 6.07) is 11.9. The number of nitrogens with zero attached hydrogens (tertiary/aromatic N) is 2. The predicted molar refractivity (Wildman–Crippen MR) is 76.2 cm³/mol. The second kappa shape index (κ2) is 6.54. The van der Waals surface area contributed by atoms with E-state index in [1.165, 1.54) is 5.56 Å². The monoisotopic (exact) mass is 345 g/mol. The molecule has 2 aromatic heterocycles. The van der Waals surface area contributed by atoms with Crippen LogP contribution in [-0.4, -0.2) is 15.3 Å². The summed E-state index contributed by atoms with van der Waals surface area (Å²) >= 11 is 0. The zero-order chi connectivity index (χ0) is 13.9. The summed E-state index contributed by atoms with van der Waals surface area (Å²) in [5, 5.41) is 16.9. The predicted octanol–water partition coefficient (Wildman–Crippen LogP) is -0.569. The summed E-state index contributed by atoms with van der Waals surface area (Å²) in [7, 11) is 0. The third-order valence-electron chi connectivity index (χ3n) is 3.26. The normalized spacial score (nSPS) is 10.1. The molecule has 0 aliphatic heterocycles. The van der Waals surface area contributed by atoms with Gasteiger partial charge in [-0.3, -0.25) is 5.10 Å². The first-order chi connectivity index (χ1) is 9.72. The molecule has 2 N–H and O–H groups in total. The molecule has 0 aliphatic carbocycles. The van der Waals surface area contributed by atoms with Crippen LogP contribution in [-0.2, 0) is 6.54 Å². The maximum absolute atomic E-state index is 9.91. The number of benzene rings is 1. The zero-order valence-corrected chi connectivity index (χ0v) is 13.2.